The van der Waals surface area contributed by atoms with E-state index in [1.54, 1.807) is 12.1 Å². The van der Waals surface area contributed by atoms with E-state index in [9.17, 15) is 22.4 Å². The van der Waals surface area contributed by atoms with Gasteiger partial charge in [-0.15, -0.1) is 12.4 Å². The van der Waals surface area contributed by atoms with Crippen LogP contribution in [0.1, 0.15) is 17.2 Å². The van der Waals surface area contributed by atoms with Crippen LogP contribution in [0.2, 0.25) is 0 Å². The van der Waals surface area contributed by atoms with Crippen molar-refractivity contribution in [2.75, 3.05) is 31.5 Å². The van der Waals surface area contributed by atoms with Crippen LogP contribution in [-0.4, -0.2) is 37.0 Å². The number of carbonyl (C=O) groups is 1. The fourth-order valence-electron chi connectivity index (χ4n) is 3.19. The molecule has 2 N–H and O–H groups in total. The molecule has 1 saturated heterocycles. The standard InChI is InChI=1S/C19H19F4N3O.ClH/c20-14-5-3-4-13(10-14)17-11-24-8-9-26(17)12-18(27)25-16-7-2-1-6-15(16)19(21,22)23;/h1-7,10,17,24H,8-9,11-12H2,(H,25,27);1H. The zero-order valence-electron chi connectivity index (χ0n) is 14.8. The molecule has 0 spiro atoms. The highest BCUT2D eigenvalue weighted by Gasteiger charge is 2.34. The van der Waals surface area contributed by atoms with Crippen molar-refractivity contribution >= 4 is 24.0 Å². The number of alkyl halides is 3. The van der Waals surface area contributed by atoms with Crippen molar-refractivity contribution in [3.8, 4) is 0 Å². The third-order valence-corrected chi connectivity index (χ3v) is 4.44. The van der Waals surface area contributed by atoms with Crippen LogP contribution in [0.4, 0.5) is 23.2 Å². The van der Waals surface area contributed by atoms with Gasteiger partial charge >= 0.3 is 6.18 Å². The first-order valence-corrected chi connectivity index (χ1v) is 8.51. The molecule has 28 heavy (non-hydrogen) atoms. The SMILES string of the molecule is Cl.O=C(CN1CCNCC1c1cccc(F)c1)Nc1ccccc1C(F)(F)F. The van der Waals surface area contributed by atoms with Gasteiger partial charge in [0.15, 0.2) is 0 Å². The number of hydrogen-bond acceptors (Lipinski definition) is 3. The molecule has 1 amide bonds. The van der Waals surface area contributed by atoms with Crippen LogP contribution in [0.25, 0.3) is 0 Å². The molecule has 0 saturated carbocycles. The van der Waals surface area contributed by atoms with E-state index in [1.807, 2.05) is 4.90 Å². The Morgan fingerprint density at radius 3 is 2.64 bits per heavy atom. The smallest absolute Gasteiger partial charge is 0.324 e. The first-order valence-electron chi connectivity index (χ1n) is 8.51. The number of carbonyl (C=O) groups excluding carboxylic acids is 1. The molecular weight excluding hydrogens is 398 g/mol. The largest absolute Gasteiger partial charge is 0.418 e. The van der Waals surface area contributed by atoms with E-state index < -0.39 is 17.6 Å². The lowest BCUT2D eigenvalue weighted by atomic mass is 10.0. The molecule has 1 aliphatic rings. The maximum absolute atomic E-state index is 13.5. The normalized spacial score (nSPS) is 17.6. The first-order chi connectivity index (χ1) is 12.8. The summed E-state index contributed by atoms with van der Waals surface area (Å²) in [5.74, 6) is -0.920. The second kappa shape index (κ2) is 9.36. The fourth-order valence-corrected chi connectivity index (χ4v) is 3.19. The highest BCUT2D eigenvalue weighted by atomic mass is 35.5. The van der Waals surface area contributed by atoms with Crippen molar-refractivity contribution in [1.29, 1.82) is 0 Å². The number of piperazine rings is 1. The predicted octanol–water partition coefficient (Wildman–Crippen LogP) is 3.85. The van der Waals surface area contributed by atoms with Gasteiger partial charge in [-0.1, -0.05) is 24.3 Å². The summed E-state index contributed by atoms with van der Waals surface area (Å²) in [6, 6.07) is 10.7. The number of nitrogens with zero attached hydrogens (tertiary/aromatic N) is 1. The topological polar surface area (TPSA) is 44.4 Å². The van der Waals surface area contributed by atoms with Crippen LogP contribution in [-0.2, 0) is 11.0 Å². The zero-order valence-corrected chi connectivity index (χ0v) is 15.6. The second-order valence-corrected chi connectivity index (χ2v) is 6.34. The van der Waals surface area contributed by atoms with Crippen LogP contribution in [0.3, 0.4) is 0 Å². The quantitative estimate of drug-likeness (QED) is 0.743. The van der Waals surface area contributed by atoms with E-state index in [4.69, 9.17) is 0 Å². The van der Waals surface area contributed by atoms with Gasteiger partial charge in [-0.05, 0) is 29.8 Å². The molecule has 0 aromatic heterocycles. The number of halogens is 5. The van der Waals surface area contributed by atoms with Crippen molar-refractivity contribution in [3.05, 3.63) is 65.5 Å². The van der Waals surface area contributed by atoms with E-state index in [2.05, 4.69) is 10.6 Å². The summed E-state index contributed by atoms with van der Waals surface area (Å²) in [5, 5.41) is 5.54. The summed E-state index contributed by atoms with van der Waals surface area (Å²) >= 11 is 0. The molecule has 1 atom stereocenters. The molecule has 1 fully saturated rings. The number of para-hydroxylation sites is 1. The van der Waals surface area contributed by atoms with Crippen LogP contribution >= 0.6 is 12.4 Å². The number of amides is 1. The molecule has 9 heteroatoms. The summed E-state index contributed by atoms with van der Waals surface area (Å²) in [7, 11) is 0. The van der Waals surface area contributed by atoms with Gasteiger partial charge < -0.3 is 10.6 Å². The summed E-state index contributed by atoms with van der Waals surface area (Å²) in [4.78, 5) is 14.2. The minimum absolute atomic E-state index is 0. The zero-order chi connectivity index (χ0) is 19.4. The Balaban J connectivity index is 0.00000280. The van der Waals surface area contributed by atoms with Gasteiger partial charge in [0.1, 0.15) is 5.82 Å². The van der Waals surface area contributed by atoms with Gasteiger partial charge in [0.2, 0.25) is 5.91 Å². The van der Waals surface area contributed by atoms with E-state index in [-0.39, 0.29) is 36.5 Å². The predicted molar refractivity (Wildman–Crippen MR) is 101 cm³/mol. The second-order valence-electron chi connectivity index (χ2n) is 6.34. The Labute approximate surface area is 166 Å². The number of anilines is 1. The number of nitrogens with one attached hydrogen (secondary N) is 2. The van der Waals surface area contributed by atoms with Crippen LogP contribution in [0, 0.1) is 5.82 Å². The highest BCUT2D eigenvalue weighted by Crippen LogP contribution is 2.34. The maximum Gasteiger partial charge on any atom is 0.418 e. The van der Waals surface area contributed by atoms with Crippen LogP contribution < -0.4 is 10.6 Å². The van der Waals surface area contributed by atoms with Gasteiger partial charge in [-0.2, -0.15) is 13.2 Å². The van der Waals surface area contributed by atoms with Crippen LogP contribution in [0.5, 0.6) is 0 Å². The van der Waals surface area contributed by atoms with E-state index in [0.717, 1.165) is 6.07 Å². The molecule has 1 unspecified atom stereocenters. The van der Waals surface area contributed by atoms with E-state index >= 15 is 0 Å². The lowest BCUT2D eigenvalue weighted by Crippen LogP contribution is -2.48. The molecule has 152 valence electrons. The Morgan fingerprint density at radius 2 is 1.93 bits per heavy atom. The monoisotopic (exact) mass is 417 g/mol. The molecule has 4 nitrogen and oxygen atoms in total. The van der Waals surface area contributed by atoms with E-state index in [1.165, 1.54) is 30.3 Å². The summed E-state index contributed by atoms with van der Waals surface area (Å²) in [5.41, 5.74) is -0.446. The molecule has 0 bridgehead atoms. The minimum Gasteiger partial charge on any atom is -0.324 e. The molecule has 1 aliphatic heterocycles. The number of benzene rings is 2. The van der Waals surface area contributed by atoms with Crippen molar-refractivity contribution in [2.24, 2.45) is 0 Å². The molecule has 2 aromatic carbocycles. The molecule has 3 rings (SSSR count). The van der Waals surface area contributed by atoms with Gasteiger partial charge in [-0.25, -0.2) is 4.39 Å². The van der Waals surface area contributed by atoms with Crippen molar-refractivity contribution in [1.82, 2.24) is 10.2 Å². The summed E-state index contributed by atoms with van der Waals surface area (Å²) < 4.78 is 52.7. The third kappa shape index (κ3) is 5.43. The number of rotatable bonds is 4. The maximum atomic E-state index is 13.5. The molecule has 1 heterocycles. The lowest BCUT2D eigenvalue weighted by Gasteiger charge is -2.36. The Hall–Kier alpha value is -2.16. The first kappa shape index (κ1) is 22.1. The fraction of sp³-hybridized carbons (Fsp3) is 0.316. The summed E-state index contributed by atoms with van der Waals surface area (Å²) in [6.07, 6.45) is -4.55. The van der Waals surface area contributed by atoms with Gasteiger partial charge in [0.05, 0.1) is 17.8 Å². The molecule has 0 radical (unpaired) electrons. The van der Waals surface area contributed by atoms with E-state index in [0.29, 0.717) is 25.2 Å². The Kier molecular flexibility index (Phi) is 7.40. The third-order valence-electron chi connectivity index (χ3n) is 4.44. The average molecular weight is 418 g/mol. The van der Waals surface area contributed by atoms with Crippen molar-refractivity contribution in [2.45, 2.75) is 12.2 Å². The Bertz CT molecular complexity index is 816. The average Bonchev–Trinajstić information content (AvgIpc) is 2.61. The molecule has 2 aromatic rings. The van der Waals surface area contributed by atoms with Gasteiger partial charge in [0, 0.05) is 25.7 Å². The van der Waals surface area contributed by atoms with Gasteiger partial charge in [0.25, 0.3) is 0 Å². The molecule has 0 aliphatic carbocycles. The van der Waals surface area contributed by atoms with Gasteiger partial charge in [-0.3, -0.25) is 9.69 Å². The van der Waals surface area contributed by atoms with Crippen molar-refractivity contribution < 1.29 is 22.4 Å². The number of hydrogen-bond donors (Lipinski definition) is 2. The molecular formula is C19H20ClF4N3O. The summed E-state index contributed by atoms with van der Waals surface area (Å²) in [6.45, 7) is 1.60. The van der Waals surface area contributed by atoms with Crippen LogP contribution in [0.15, 0.2) is 48.5 Å². The van der Waals surface area contributed by atoms with Crippen molar-refractivity contribution in [3.63, 3.8) is 0 Å². The minimum atomic E-state index is -4.55. The Morgan fingerprint density at radius 1 is 1.18 bits per heavy atom. The lowest BCUT2D eigenvalue weighted by molar-refractivity contribution is -0.137. The highest BCUT2D eigenvalue weighted by molar-refractivity contribution is 5.93.